The molecule has 1 saturated carbocycles. The van der Waals surface area contributed by atoms with Gasteiger partial charge >= 0.3 is 0 Å². The first-order valence-corrected chi connectivity index (χ1v) is 9.34. The summed E-state index contributed by atoms with van der Waals surface area (Å²) in [5.74, 6) is 0.997. The summed E-state index contributed by atoms with van der Waals surface area (Å²) in [6, 6.07) is 14.0. The van der Waals surface area contributed by atoms with Gasteiger partial charge in [0.2, 0.25) is 0 Å². The minimum Gasteiger partial charge on any atom is -0.508 e. The molecule has 0 bridgehead atoms. The molecule has 2 aromatic rings. The lowest BCUT2D eigenvalue weighted by molar-refractivity contribution is 0.101. The lowest BCUT2D eigenvalue weighted by Crippen LogP contribution is -2.19. The molecule has 0 atom stereocenters. The fraction of sp³-hybridized carbons (Fsp3) is 0.435. The first-order valence-electron chi connectivity index (χ1n) is 9.34. The van der Waals surface area contributed by atoms with E-state index >= 15 is 0 Å². The lowest BCUT2D eigenvalue weighted by Gasteiger charge is -2.29. The second-order valence-corrected chi connectivity index (χ2v) is 7.87. The number of carbonyl (C=O) groups is 1. The molecule has 0 radical (unpaired) electrons. The van der Waals surface area contributed by atoms with E-state index in [1.165, 1.54) is 43.2 Å². The van der Waals surface area contributed by atoms with E-state index < -0.39 is 0 Å². The van der Waals surface area contributed by atoms with E-state index in [0.29, 0.717) is 11.7 Å². The predicted molar refractivity (Wildman–Crippen MR) is 103 cm³/mol. The average molecular weight is 336 g/mol. The van der Waals surface area contributed by atoms with E-state index in [1.54, 1.807) is 6.92 Å². The van der Waals surface area contributed by atoms with Gasteiger partial charge in [0.25, 0.3) is 0 Å². The van der Waals surface area contributed by atoms with Gasteiger partial charge in [-0.3, -0.25) is 4.79 Å². The van der Waals surface area contributed by atoms with E-state index in [-0.39, 0.29) is 11.2 Å². The highest BCUT2D eigenvalue weighted by molar-refractivity contribution is 5.94. The van der Waals surface area contributed by atoms with Crippen molar-refractivity contribution < 1.29 is 9.90 Å². The summed E-state index contributed by atoms with van der Waals surface area (Å²) in [5, 5.41) is 10.4. The highest BCUT2D eigenvalue weighted by atomic mass is 16.3. The first-order chi connectivity index (χ1) is 11.9. The minimum absolute atomic E-state index is 0.0913. The maximum absolute atomic E-state index is 11.5. The van der Waals surface area contributed by atoms with E-state index in [4.69, 9.17) is 0 Å². The molecule has 25 heavy (non-hydrogen) atoms. The quantitative estimate of drug-likeness (QED) is 0.699. The SMILES string of the molecule is CC(=O)c1ccc(C(C)(C)c2ccc(O)c(C3CCCCC3)c2)cc1. The molecule has 1 N–H and O–H groups in total. The molecular formula is C23H28O2. The zero-order valence-corrected chi connectivity index (χ0v) is 15.5. The van der Waals surface area contributed by atoms with Gasteiger partial charge in [0.1, 0.15) is 5.75 Å². The van der Waals surface area contributed by atoms with Crippen molar-refractivity contribution in [2.24, 2.45) is 0 Å². The van der Waals surface area contributed by atoms with E-state index in [1.807, 2.05) is 36.4 Å². The zero-order chi connectivity index (χ0) is 18.0. The molecule has 2 aromatic carbocycles. The maximum atomic E-state index is 11.5. The van der Waals surface area contributed by atoms with Crippen LogP contribution < -0.4 is 0 Å². The largest absolute Gasteiger partial charge is 0.508 e. The fourth-order valence-corrected chi connectivity index (χ4v) is 3.97. The van der Waals surface area contributed by atoms with Crippen LogP contribution in [0.25, 0.3) is 0 Å². The normalized spacial score (nSPS) is 16.0. The molecule has 0 aromatic heterocycles. The van der Waals surface area contributed by atoms with E-state index in [0.717, 1.165) is 11.1 Å². The first kappa shape index (κ1) is 17.7. The van der Waals surface area contributed by atoms with Crippen molar-refractivity contribution in [3.05, 3.63) is 64.7 Å². The van der Waals surface area contributed by atoms with Gasteiger partial charge in [0, 0.05) is 11.0 Å². The average Bonchev–Trinajstić information content (AvgIpc) is 2.62. The lowest BCUT2D eigenvalue weighted by atomic mass is 9.75. The third-order valence-corrected chi connectivity index (χ3v) is 5.81. The Morgan fingerprint density at radius 1 is 0.960 bits per heavy atom. The summed E-state index contributed by atoms with van der Waals surface area (Å²) in [5.41, 5.74) is 4.06. The van der Waals surface area contributed by atoms with Gasteiger partial charge in [-0.15, -0.1) is 0 Å². The number of aromatic hydroxyl groups is 1. The number of Topliss-reactive ketones (excluding diaryl/α,β-unsaturated/α-hetero) is 1. The molecule has 0 saturated heterocycles. The van der Waals surface area contributed by atoms with Gasteiger partial charge in [-0.25, -0.2) is 0 Å². The Labute approximate surface area is 150 Å². The van der Waals surface area contributed by atoms with Crippen molar-refractivity contribution in [2.75, 3.05) is 0 Å². The number of hydrogen-bond donors (Lipinski definition) is 1. The molecule has 1 aliphatic carbocycles. The number of rotatable bonds is 4. The highest BCUT2D eigenvalue weighted by Gasteiger charge is 2.26. The highest BCUT2D eigenvalue weighted by Crippen LogP contribution is 2.40. The summed E-state index contributed by atoms with van der Waals surface area (Å²) in [6.45, 7) is 6.00. The molecule has 1 aliphatic rings. The van der Waals surface area contributed by atoms with Crippen LogP contribution >= 0.6 is 0 Å². The Bertz CT molecular complexity index is 750. The van der Waals surface area contributed by atoms with Gasteiger partial charge in [-0.2, -0.15) is 0 Å². The van der Waals surface area contributed by atoms with E-state index in [9.17, 15) is 9.90 Å². The van der Waals surface area contributed by atoms with Crippen LogP contribution in [0.1, 0.15) is 85.8 Å². The number of hydrogen-bond acceptors (Lipinski definition) is 2. The Morgan fingerprint density at radius 3 is 2.16 bits per heavy atom. The molecule has 0 spiro atoms. The van der Waals surface area contributed by atoms with Crippen molar-refractivity contribution in [3.8, 4) is 5.75 Å². The standard InChI is InChI=1S/C23H28O2/c1-16(24)17-9-11-19(12-10-17)23(2,3)20-13-14-22(25)21(15-20)18-7-5-4-6-8-18/h9-15,18,25H,4-8H2,1-3H3. The molecule has 132 valence electrons. The maximum Gasteiger partial charge on any atom is 0.159 e. The number of carbonyl (C=O) groups excluding carboxylic acids is 1. The smallest absolute Gasteiger partial charge is 0.159 e. The van der Waals surface area contributed by atoms with Crippen LogP contribution in [0.5, 0.6) is 5.75 Å². The van der Waals surface area contributed by atoms with Crippen molar-refractivity contribution in [2.45, 2.75) is 64.2 Å². The summed E-state index contributed by atoms with van der Waals surface area (Å²) in [7, 11) is 0. The Kier molecular flexibility index (Phi) is 4.99. The summed E-state index contributed by atoms with van der Waals surface area (Å²) in [6.07, 6.45) is 6.16. The van der Waals surface area contributed by atoms with Crippen LogP contribution in [-0.2, 0) is 5.41 Å². The van der Waals surface area contributed by atoms with Crippen molar-refractivity contribution in [3.63, 3.8) is 0 Å². The summed E-state index contributed by atoms with van der Waals surface area (Å²) in [4.78, 5) is 11.5. The third kappa shape index (κ3) is 3.63. The molecule has 2 nitrogen and oxygen atoms in total. The molecule has 0 heterocycles. The van der Waals surface area contributed by atoms with Crippen molar-refractivity contribution >= 4 is 5.78 Å². The van der Waals surface area contributed by atoms with Gasteiger partial charge < -0.3 is 5.11 Å². The van der Waals surface area contributed by atoms with E-state index in [2.05, 4.69) is 19.9 Å². The topological polar surface area (TPSA) is 37.3 Å². The Balaban J connectivity index is 1.94. The van der Waals surface area contributed by atoms with Gasteiger partial charge in [0.05, 0.1) is 0 Å². The van der Waals surface area contributed by atoms with Crippen LogP contribution in [0.4, 0.5) is 0 Å². The Hall–Kier alpha value is -2.09. The summed E-state index contributed by atoms with van der Waals surface area (Å²) >= 11 is 0. The second kappa shape index (κ2) is 7.03. The van der Waals surface area contributed by atoms with Crippen LogP contribution in [-0.4, -0.2) is 10.9 Å². The molecule has 0 aliphatic heterocycles. The van der Waals surface area contributed by atoms with Crippen LogP contribution in [0, 0.1) is 0 Å². The zero-order valence-electron chi connectivity index (χ0n) is 15.5. The molecule has 3 rings (SSSR count). The second-order valence-electron chi connectivity index (χ2n) is 7.87. The van der Waals surface area contributed by atoms with Gasteiger partial charge in [0.15, 0.2) is 5.78 Å². The summed E-state index contributed by atoms with van der Waals surface area (Å²) < 4.78 is 0. The number of phenolic OH excluding ortho intramolecular Hbond substituents is 1. The van der Waals surface area contributed by atoms with Crippen molar-refractivity contribution in [1.29, 1.82) is 0 Å². The van der Waals surface area contributed by atoms with Gasteiger partial charge in [-0.1, -0.05) is 69.5 Å². The van der Waals surface area contributed by atoms with Crippen LogP contribution in [0.15, 0.2) is 42.5 Å². The molecule has 0 amide bonds. The fourth-order valence-electron chi connectivity index (χ4n) is 3.97. The van der Waals surface area contributed by atoms with Crippen LogP contribution in [0.3, 0.4) is 0 Å². The number of phenols is 1. The Morgan fingerprint density at radius 2 is 1.56 bits per heavy atom. The molecule has 0 unspecified atom stereocenters. The predicted octanol–water partition coefficient (Wildman–Crippen LogP) is 5.97. The number of benzene rings is 2. The van der Waals surface area contributed by atoms with Crippen molar-refractivity contribution in [1.82, 2.24) is 0 Å². The third-order valence-electron chi connectivity index (χ3n) is 5.81. The number of ketones is 1. The minimum atomic E-state index is -0.174. The van der Waals surface area contributed by atoms with Crippen LogP contribution in [0.2, 0.25) is 0 Å². The van der Waals surface area contributed by atoms with Gasteiger partial charge in [-0.05, 0) is 48.4 Å². The monoisotopic (exact) mass is 336 g/mol. The molecule has 2 heteroatoms. The molecule has 1 fully saturated rings. The molecular weight excluding hydrogens is 308 g/mol.